The summed E-state index contributed by atoms with van der Waals surface area (Å²) in [4.78, 5) is 6.85. The summed E-state index contributed by atoms with van der Waals surface area (Å²) < 4.78 is 5.10. The van der Waals surface area contributed by atoms with Crippen molar-refractivity contribution in [3.63, 3.8) is 0 Å². The van der Waals surface area contributed by atoms with E-state index in [1.807, 2.05) is 13.0 Å². The van der Waals surface area contributed by atoms with Crippen LogP contribution >= 0.6 is 22.7 Å². The fourth-order valence-corrected chi connectivity index (χ4v) is 3.48. The van der Waals surface area contributed by atoms with Crippen LogP contribution in [0.1, 0.15) is 26.0 Å². The van der Waals surface area contributed by atoms with E-state index in [4.69, 9.17) is 9.84 Å². The normalized spacial score (nSPS) is 11.5. The van der Waals surface area contributed by atoms with Gasteiger partial charge in [-0.05, 0) is 36.1 Å². The van der Waals surface area contributed by atoms with Crippen molar-refractivity contribution in [3.05, 3.63) is 37.5 Å². The molecule has 0 atom stereocenters. The fraction of sp³-hybridized carbons (Fsp3) is 0.357. The van der Waals surface area contributed by atoms with Crippen molar-refractivity contribution < 1.29 is 9.84 Å². The summed E-state index contributed by atoms with van der Waals surface area (Å²) in [5, 5.41) is 12.1. The van der Waals surface area contributed by atoms with Crippen molar-refractivity contribution in [2.45, 2.75) is 20.0 Å². The molecule has 0 aliphatic carbocycles. The first-order valence-corrected chi connectivity index (χ1v) is 7.74. The lowest BCUT2D eigenvalue weighted by atomic mass is 10.3. The number of nitrogens with zero attached hydrogens (tertiary/aromatic N) is 1. The maximum Gasteiger partial charge on any atom is 0.116 e. The fourth-order valence-electron chi connectivity index (χ4n) is 1.73. The molecule has 19 heavy (non-hydrogen) atoms. The molecule has 0 unspecified atom stereocenters. The van der Waals surface area contributed by atoms with Crippen molar-refractivity contribution in [2.24, 2.45) is 0 Å². The van der Waals surface area contributed by atoms with Crippen molar-refractivity contribution in [1.29, 1.82) is 0 Å². The number of thiazole rings is 1. The Morgan fingerprint density at radius 1 is 1.42 bits per heavy atom. The van der Waals surface area contributed by atoms with Crippen LogP contribution in [0.5, 0.6) is 0 Å². The Labute approximate surface area is 121 Å². The number of aliphatic hydroxyl groups excluding tert-OH is 1. The van der Waals surface area contributed by atoms with Crippen LogP contribution in [0.3, 0.4) is 0 Å². The van der Waals surface area contributed by atoms with E-state index >= 15 is 0 Å². The standard InChI is InChI=1S/C14H17NO2S2/c1-10-13(5-6-16)19-14(15-10)4-3-12-7-11(8-17-2)9-18-12/h3-4,7,9,16H,5-6,8H2,1-2H3. The van der Waals surface area contributed by atoms with Crippen LogP contribution in [-0.4, -0.2) is 23.8 Å². The third-order valence-electron chi connectivity index (χ3n) is 2.62. The molecule has 2 heterocycles. The van der Waals surface area contributed by atoms with Gasteiger partial charge in [0.05, 0.1) is 12.3 Å². The number of aromatic nitrogens is 1. The first kappa shape index (κ1) is 14.4. The zero-order chi connectivity index (χ0) is 13.7. The molecule has 0 bridgehead atoms. The molecule has 2 aromatic heterocycles. The van der Waals surface area contributed by atoms with Gasteiger partial charge in [-0.1, -0.05) is 0 Å². The minimum absolute atomic E-state index is 0.178. The van der Waals surface area contributed by atoms with Crippen LogP contribution in [-0.2, 0) is 17.8 Å². The lowest BCUT2D eigenvalue weighted by Gasteiger charge is -1.90. The number of thiophene rings is 1. The van der Waals surface area contributed by atoms with Gasteiger partial charge >= 0.3 is 0 Å². The Morgan fingerprint density at radius 2 is 2.26 bits per heavy atom. The molecule has 5 heteroatoms. The van der Waals surface area contributed by atoms with Crippen LogP contribution in [0.2, 0.25) is 0 Å². The molecule has 0 aliphatic heterocycles. The number of hydrogen-bond acceptors (Lipinski definition) is 5. The smallest absolute Gasteiger partial charge is 0.116 e. The summed E-state index contributed by atoms with van der Waals surface area (Å²) in [5.41, 5.74) is 2.22. The molecule has 0 radical (unpaired) electrons. The SMILES string of the molecule is COCc1csc(C=Cc2nc(C)c(CCO)s2)c1. The lowest BCUT2D eigenvalue weighted by molar-refractivity contribution is 0.185. The van der Waals surface area contributed by atoms with Crippen molar-refractivity contribution >= 4 is 34.8 Å². The van der Waals surface area contributed by atoms with E-state index in [1.165, 1.54) is 10.4 Å². The predicted molar refractivity (Wildman–Crippen MR) is 81.6 cm³/mol. The topological polar surface area (TPSA) is 42.4 Å². The van der Waals surface area contributed by atoms with Gasteiger partial charge < -0.3 is 9.84 Å². The van der Waals surface area contributed by atoms with Gasteiger partial charge in [0.15, 0.2) is 0 Å². The molecule has 3 nitrogen and oxygen atoms in total. The Balaban J connectivity index is 2.06. The van der Waals surface area contributed by atoms with Gasteiger partial charge in [-0.15, -0.1) is 22.7 Å². The molecule has 0 fully saturated rings. The number of methoxy groups -OCH3 is 1. The van der Waals surface area contributed by atoms with Crippen LogP contribution in [0, 0.1) is 6.92 Å². The quantitative estimate of drug-likeness (QED) is 0.888. The summed E-state index contributed by atoms with van der Waals surface area (Å²) in [6.07, 6.45) is 4.79. The zero-order valence-corrected chi connectivity index (χ0v) is 12.7. The summed E-state index contributed by atoms with van der Waals surface area (Å²) in [7, 11) is 1.70. The minimum atomic E-state index is 0.178. The Hall–Kier alpha value is -1.01. The predicted octanol–water partition coefficient (Wildman–Crippen LogP) is 3.36. The van der Waals surface area contributed by atoms with E-state index in [2.05, 4.69) is 22.5 Å². The van der Waals surface area contributed by atoms with Gasteiger partial charge in [0.25, 0.3) is 0 Å². The van der Waals surface area contributed by atoms with Crippen LogP contribution < -0.4 is 0 Å². The summed E-state index contributed by atoms with van der Waals surface area (Å²) in [5.74, 6) is 0. The van der Waals surface area contributed by atoms with Gasteiger partial charge in [-0.25, -0.2) is 4.98 Å². The molecule has 1 N–H and O–H groups in total. The average Bonchev–Trinajstić information content (AvgIpc) is 2.96. The van der Waals surface area contributed by atoms with Crippen molar-refractivity contribution in [2.75, 3.05) is 13.7 Å². The van der Waals surface area contributed by atoms with Crippen molar-refractivity contribution in [3.8, 4) is 0 Å². The third kappa shape index (κ3) is 3.98. The second-order valence-corrected chi connectivity index (χ2v) is 6.22. The van der Waals surface area contributed by atoms with Gasteiger partial charge in [0, 0.05) is 29.9 Å². The Morgan fingerprint density at radius 3 is 3.00 bits per heavy atom. The highest BCUT2D eigenvalue weighted by Crippen LogP contribution is 2.22. The van der Waals surface area contributed by atoms with Gasteiger partial charge in [0.1, 0.15) is 5.01 Å². The monoisotopic (exact) mass is 295 g/mol. The van der Waals surface area contributed by atoms with E-state index in [1.54, 1.807) is 29.8 Å². The van der Waals surface area contributed by atoms with Gasteiger partial charge in [-0.2, -0.15) is 0 Å². The average molecular weight is 295 g/mol. The first-order valence-electron chi connectivity index (χ1n) is 6.04. The minimum Gasteiger partial charge on any atom is -0.396 e. The highest BCUT2D eigenvalue weighted by Gasteiger charge is 2.04. The van der Waals surface area contributed by atoms with Crippen LogP contribution in [0.25, 0.3) is 12.2 Å². The summed E-state index contributed by atoms with van der Waals surface area (Å²) in [6.45, 7) is 2.82. The molecular weight excluding hydrogens is 278 g/mol. The third-order valence-corrected chi connectivity index (χ3v) is 4.75. The number of aryl methyl sites for hydroxylation is 1. The lowest BCUT2D eigenvalue weighted by Crippen LogP contribution is -1.88. The highest BCUT2D eigenvalue weighted by molar-refractivity contribution is 7.13. The molecule has 0 aromatic carbocycles. The van der Waals surface area contributed by atoms with E-state index < -0.39 is 0 Å². The zero-order valence-electron chi connectivity index (χ0n) is 11.0. The number of rotatable bonds is 6. The van der Waals surface area contributed by atoms with Crippen LogP contribution in [0.15, 0.2) is 11.4 Å². The maximum atomic E-state index is 8.97. The van der Waals surface area contributed by atoms with Crippen LogP contribution in [0.4, 0.5) is 0 Å². The molecule has 0 amide bonds. The summed E-state index contributed by atoms with van der Waals surface area (Å²) >= 11 is 3.34. The number of hydrogen-bond donors (Lipinski definition) is 1. The number of ether oxygens (including phenoxy) is 1. The van der Waals surface area contributed by atoms with Gasteiger partial charge in [0.2, 0.25) is 0 Å². The largest absolute Gasteiger partial charge is 0.396 e. The molecule has 0 aliphatic rings. The molecule has 0 spiro atoms. The Bertz CT molecular complexity index is 558. The van der Waals surface area contributed by atoms with Crippen molar-refractivity contribution in [1.82, 2.24) is 4.98 Å². The Kier molecular flexibility index (Phi) is 5.27. The van der Waals surface area contributed by atoms with E-state index in [-0.39, 0.29) is 6.61 Å². The first-order chi connectivity index (χ1) is 9.22. The van der Waals surface area contributed by atoms with E-state index in [0.717, 1.165) is 15.6 Å². The molecule has 2 aromatic rings. The molecule has 2 rings (SSSR count). The van der Waals surface area contributed by atoms with E-state index in [9.17, 15) is 0 Å². The second-order valence-electron chi connectivity index (χ2n) is 4.16. The molecule has 0 saturated heterocycles. The second kappa shape index (κ2) is 6.96. The maximum absolute atomic E-state index is 8.97. The summed E-state index contributed by atoms with van der Waals surface area (Å²) in [6, 6.07) is 2.12. The van der Waals surface area contributed by atoms with Gasteiger partial charge in [-0.3, -0.25) is 0 Å². The number of aliphatic hydroxyl groups is 1. The molecular formula is C14H17NO2S2. The molecule has 102 valence electrons. The highest BCUT2D eigenvalue weighted by atomic mass is 32.1. The molecule has 0 saturated carbocycles. The van der Waals surface area contributed by atoms with E-state index in [0.29, 0.717) is 13.0 Å².